The largest absolute Gasteiger partial charge is 1.00 e. The van der Waals surface area contributed by atoms with Gasteiger partial charge in [0.05, 0.1) is 0 Å². The van der Waals surface area contributed by atoms with Crippen molar-refractivity contribution in [3.8, 4) is 0 Å². The van der Waals surface area contributed by atoms with Gasteiger partial charge in [0.1, 0.15) is 0 Å². The first-order valence-corrected chi connectivity index (χ1v) is 6.58. The molecule has 0 aliphatic carbocycles. The predicted octanol–water partition coefficient (Wildman–Crippen LogP) is 0.470. The van der Waals surface area contributed by atoms with Gasteiger partial charge in [-0.15, -0.1) is 0 Å². The molecule has 0 saturated heterocycles. The van der Waals surface area contributed by atoms with Crippen LogP contribution in [0.1, 0.15) is 19.3 Å². The molecule has 0 radical (unpaired) electrons. The van der Waals surface area contributed by atoms with Crippen LogP contribution in [-0.4, -0.2) is 42.4 Å². The molecule has 134 valence electrons. The molecule has 0 aromatic heterocycles. The third-order valence-electron chi connectivity index (χ3n) is 2.41. The molecule has 15 heteroatoms. The van der Waals surface area contributed by atoms with Gasteiger partial charge in [-0.3, -0.25) is 0 Å². The summed E-state index contributed by atoms with van der Waals surface area (Å²) in [5.74, 6) is -13.3. The molecule has 0 fully saturated rings. The molecule has 0 heterocycles. The molecule has 0 spiro atoms. The van der Waals surface area contributed by atoms with Gasteiger partial charge in [0.2, 0.25) is 0 Å². The molecule has 0 bridgehead atoms. The van der Waals surface area contributed by atoms with E-state index in [1.54, 1.807) is 0 Å². The summed E-state index contributed by atoms with van der Waals surface area (Å²) in [5.41, 5.74) is 0. The Morgan fingerprint density at radius 2 is 1.30 bits per heavy atom. The fourth-order valence-electron chi connectivity index (χ4n) is 1.21. The van der Waals surface area contributed by atoms with E-state index in [4.69, 9.17) is 0 Å². The molecule has 0 aliphatic heterocycles. The smallest absolute Gasteiger partial charge is 0.743 e. The van der Waals surface area contributed by atoms with E-state index in [0.717, 1.165) is 0 Å². The Bertz CT molecular complexity index is 489. The summed E-state index contributed by atoms with van der Waals surface area (Å²) < 4.78 is 155. The first-order chi connectivity index (χ1) is 9.38. The van der Waals surface area contributed by atoms with E-state index in [1.807, 2.05) is 0 Å². The summed E-state index contributed by atoms with van der Waals surface area (Å²) >= 11 is 0. The maximum atomic E-state index is 13.0. The molecule has 0 aromatic carbocycles. The van der Waals surface area contributed by atoms with Crippen LogP contribution in [0.25, 0.3) is 0 Å². The van der Waals surface area contributed by atoms with Crippen molar-refractivity contribution in [1.29, 1.82) is 0 Å². The quantitative estimate of drug-likeness (QED) is 0.357. The van der Waals surface area contributed by atoms with Crippen molar-refractivity contribution in [2.24, 2.45) is 0 Å². The first-order valence-electron chi connectivity index (χ1n) is 5.17. The van der Waals surface area contributed by atoms with Crippen molar-refractivity contribution in [2.45, 2.75) is 48.7 Å². The molecule has 1 unspecified atom stereocenters. The van der Waals surface area contributed by atoms with Crippen molar-refractivity contribution >= 4 is 10.1 Å². The average Bonchev–Trinajstić information content (AvgIpc) is 2.24. The fourth-order valence-corrected chi connectivity index (χ4v) is 1.66. The molecule has 3 nitrogen and oxygen atoms in total. The molecular weight excluding hydrogens is 389 g/mol. The second-order valence-corrected chi connectivity index (χ2v) is 5.56. The zero-order valence-corrected chi connectivity index (χ0v) is 13.9. The molecule has 0 aliphatic rings. The van der Waals surface area contributed by atoms with Crippen molar-refractivity contribution in [1.82, 2.24) is 0 Å². The van der Waals surface area contributed by atoms with E-state index in [2.05, 4.69) is 0 Å². The molecule has 0 N–H and O–H groups in total. The molecule has 1 atom stereocenters. The number of hydrogen-bond acceptors (Lipinski definition) is 3. The molecule has 23 heavy (non-hydrogen) atoms. The van der Waals surface area contributed by atoms with Gasteiger partial charge in [0.25, 0.3) is 0 Å². The summed E-state index contributed by atoms with van der Waals surface area (Å²) in [6.07, 6.45) is -14.4. The van der Waals surface area contributed by atoms with Gasteiger partial charge < -0.3 is 4.55 Å². The van der Waals surface area contributed by atoms with Crippen LogP contribution in [0, 0.1) is 0 Å². The number of alkyl halides is 10. The summed E-state index contributed by atoms with van der Waals surface area (Å²) in [5, 5.41) is -6.85. The van der Waals surface area contributed by atoms with Crippen LogP contribution in [0.3, 0.4) is 0 Å². The SMILES string of the molecule is O=S(=O)([O-])C(F)(F)C(F)(F)C(F)(F)C(F)CCCC(F)(F)F.[Na+]. The predicted molar refractivity (Wildman–Crippen MR) is 49.3 cm³/mol. The Labute approximate surface area is 145 Å². The monoisotopic (exact) mass is 396 g/mol. The summed E-state index contributed by atoms with van der Waals surface area (Å²) in [6, 6.07) is 0. The van der Waals surface area contributed by atoms with Gasteiger partial charge in [0, 0.05) is 6.42 Å². The van der Waals surface area contributed by atoms with Crippen LogP contribution in [0.4, 0.5) is 43.9 Å². The van der Waals surface area contributed by atoms with Gasteiger partial charge in [0.15, 0.2) is 16.3 Å². The molecule has 0 rings (SSSR count). The summed E-state index contributed by atoms with van der Waals surface area (Å²) in [7, 11) is -7.28. The minimum absolute atomic E-state index is 0. The average molecular weight is 396 g/mol. The Kier molecular flexibility index (Phi) is 8.43. The number of halogens is 10. The van der Waals surface area contributed by atoms with E-state index in [1.165, 1.54) is 0 Å². The normalized spacial score (nSPS) is 16.0. The van der Waals surface area contributed by atoms with Gasteiger partial charge in [-0.25, -0.2) is 12.8 Å². The van der Waals surface area contributed by atoms with E-state index in [9.17, 15) is 56.9 Å². The van der Waals surface area contributed by atoms with E-state index < -0.39 is 58.8 Å². The third-order valence-corrected chi connectivity index (χ3v) is 3.29. The van der Waals surface area contributed by atoms with Crippen LogP contribution in [0.15, 0.2) is 0 Å². The summed E-state index contributed by atoms with van der Waals surface area (Å²) in [4.78, 5) is 0. The Balaban J connectivity index is 0. The summed E-state index contributed by atoms with van der Waals surface area (Å²) in [6.45, 7) is 0. The van der Waals surface area contributed by atoms with Crippen molar-refractivity contribution in [3.05, 3.63) is 0 Å². The second kappa shape index (κ2) is 7.62. The minimum atomic E-state index is -7.28. The topological polar surface area (TPSA) is 57.2 Å². The van der Waals surface area contributed by atoms with Crippen molar-refractivity contribution in [3.63, 3.8) is 0 Å². The van der Waals surface area contributed by atoms with E-state index in [0.29, 0.717) is 0 Å². The Morgan fingerprint density at radius 3 is 1.61 bits per heavy atom. The molecule has 0 saturated carbocycles. The standard InChI is InChI=1S/C8H8F10O3S.Na/c9-4(2-1-3-5(10,11)12)6(13,14)7(15,16)8(17,18)22(19,20)21;/h4H,1-3H2,(H,19,20,21);/q;+1/p-1. The minimum Gasteiger partial charge on any atom is -0.743 e. The van der Waals surface area contributed by atoms with Crippen LogP contribution in [-0.2, 0) is 10.1 Å². The fraction of sp³-hybridized carbons (Fsp3) is 1.00. The van der Waals surface area contributed by atoms with Gasteiger partial charge >= 0.3 is 52.8 Å². The second-order valence-electron chi connectivity index (χ2n) is 4.14. The van der Waals surface area contributed by atoms with Crippen LogP contribution in [0.2, 0.25) is 0 Å². The zero-order valence-electron chi connectivity index (χ0n) is 11.1. The van der Waals surface area contributed by atoms with Crippen LogP contribution in [0.5, 0.6) is 0 Å². The van der Waals surface area contributed by atoms with Gasteiger partial charge in [-0.2, -0.15) is 39.5 Å². The van der Waals surface area contributed by atoms with Crippen molar-refractivity contribution < 1.29 is 86.4 Å². The van der Waals surface area contributed by atoms with Crippen molar-refractivity contribution in [2.75, 3.05) is 0 Å². The van der Waals surface area contributed by atoms with E-state index >= 15 is 0 Å². The molecule has 0 aromatic rings. The van der Waals surface area contributed by atoms with Gasteiger partial charge in [-0.1, -0.05) is 0 Å². The van der Waals surface area contributed by atoms with Gasteiger partial charge in [-0.05, 0) is 12.8 Å². The zero-order chi connectivity index (χ0) is 18.2. The Morgan fingerprint density at radius 1 is 0.913 bits per heavy atom. The van der Waals surface area contributed by atoms with Crippen LogP contribution >= 0.6 is 0 Å². The maximum absolute atomic E-state index is 13.0. The molecular formula is C8H7F10NaO3S. The third kappa shape index (κ3) is 5.61. The number of hydrogen-bond donors (Lipinski definition) is 0. The molecule has 0 amide bonds. The first kappa shape index (κ1) is 25.5. The van der Waals surface area contributed by atoms with E-state index in [-0.39, 0.29) is 29.6 Å². The Hall–Kier alpha value is 0.210. The van der Waals surface area contributed by atoms with Crippen LogP contribution < -0.4 is 29.6 Å². The maximum Gasteiger partial charge on any atom is 1.00 e. The number of rotatable bonds is 7.